The zero-order valence-electron chi connectivity index (χ0n) is 33.3. The van der Waals surface area contributed by atoms with E-state index in [0.717, 1.165) is 65.1 Å². The molecule has 1 atom stereocenters. The summed E-state index contributed by atoms with van der Waals surface area (Å²) in [6.45, 7) is 2.57. The van der Waals surface area contributed by atoms with Crippen LogP contribution < -0.4 is 35.3 Å². The second kappa shape index (κ2) is 16.7. The molecule has 304 valence electrons. The Hall–Kier alpha value is -6.29. The van der Waals surface area contributed by atoms with Gasteiger partial charge in [0.15, 0.2) is 6.61 Å². The molecule has 0 radical (unpaired) electrons. The third-order valence-corrected chi connectivity index (χ3v) is 11.2. The number of fused-ring (bicyclic) bond motifs is 2. The van der Waals surface area contributed by atoms with E-state index in [1.165, 1.54) is 18.2 Å². The molecule has 0 bridgehead atoms. The summed E-state index contributed by atoms with van der Waals surface area (Å²) in [6.07, 6.45) is 6.28. The lowest BCUT2D eigenvalue weighted by Gasteiger charge is -2.32. The fourth-order valence-corrected chi connectivity index (χ4v) is 7.93. The number of imide groups is 2. The van der Waals surface area contributed by atoms with Crippen molar-refractivity contribution in [3.63, 3.8) is 0 Å². The van der Waals surface area contributed by atoms with Gasteiger partial charge < -0.3 is 29.0 Å². The molecule has 2 aromatic heterocycles. The zero-order valence-corrected chi connectivity index (χ0v) is 33.3. The van der Waals surface area contributed by atoms with Gasteiger partial charge in [-0.2, -0.15) is 0 Å². The molecule has 1 unspecified atom stereocenters. The van der Waals surface area contributed by atoms with Crippen LogP contribution in [0.5, 0.6) is 17.2 Å². The van der Waals surface area contributed by atoms with Crippen molar-refractivity contribution < 1.29 is 38.2 Å². The van der Waals surface area contributed by atoms with E-state index in [0.29, 0.717) is 35.9 Å². The first-order valence-electron chi connectivity index (χ1n) is 19.3. The highest BCUT2D eigenvalue weighted by atomic mass is 16.5. The minimum atomic E-state index is -1.06. The Kier molecular flexibility index (Phi) is 11.5. The zero-order chi connectivity index (χ0) is 41.2. The Labute approximate surface area is 335 Å². The highest BCUT2D eigenvalue weighted by Gasteiger charge is 2.44. The van der Waals surface area contributed by atoms with Gasteiger partial charge in [0.05, 0.1) is 36.3 Å². The number of amides is 5. The van der Waals surface area contributed by atoms with Crippen molar-refractivity contribution in [3.05, 3.63) is 75.8 Å². The Morgan fingerprint density at radius 3 is 2.29 bits per heavy atom. The van der Waals surface area contributed by atoms with Gasteiger partial charge in [0.2, 0.25) is 11.8 Å². The average molecular weight is 794 g/mol. The van der Waals surface area contributed by atoms with E-state index in [9.17, 15) is 28.8 Å². The number of methoxy groups -OCH3 is 2. The maximum absolute atomic E-state index is 13.1. The largest absolute Gasteiger partial charge is 0.496 e. The molecular formula is C42H47N7O9. The summed E-state index contributed by atoms with van der Waals surface area (Å²) in [5, 5.41) is 6.41. The van der Waals surface area contributed by atoms with Crippen LogP contribution in [0.15, 0.2) is 53.6 Å². The lowest BCUT2D eigenvalue weighted by Crippen LogP contribution is -2.54. The second-order valence-electron chi connectivity index (χ2n) is 15.1. The molecule has 5 heterocycles. The molecule has 4 aromatic rings. The first-order valence-corrected chi connectivity index (χ1v) is 19.3. The lowest BCUT2D eigenvalue weighted by molar-refractivity contribution is -0.136. The highest BCUT2D eigenvalue weighted by molar-refractivity contribution is 6.23. The smallest absolute Gasteiger partial charge is 0.262 e. The molecular weight excluding hydrogens is 747 g/mol. The van der Waals surface area contributed by atoms with Crippen molar-refractivity contribution in [2.24, 2.45) is 13.0 Å². The van der Waals surface area contributed by atoms with E-state index in [1.807, 2.05) is 43.4 Å². The molecule has 2 fully saturated rings. The standard InChI is InChI=1S/C42H47N7O9/c1-46(2)36-19-28-30(20-44-36)40(53)47(3)21-31(28)25-16-34(56-4)32(35(17-25)57-5)22-48-14-11-24(12-15-48)10-13-43-38(51)23-58-26-6-7-27-29(18-26)42(55)49(41(27)54)33-8-9-37(50)45-39(33)52/h6-7,16-21,24,33H,8-15,22-23H2,1-5H3,(H,43,51)(H,45,50,52). The summed E-state index contributed by atoms with van der Waals surface area (Å²) >= 11 is 0. The van der Waals surface area contributed by atoms with Crippen LogP contribution in [0.3, 0.4) is 0 Å². The topological polar surface area (TPSA) is 182 Å². The van der Waals surface area contributed by atoms with E-state index in [2.05, 4.69) is 20.5 Å². The van der Waals surface area contributed by atoms with Crippen molar-refractivity contribution in [2.45, 2.75) is 44.7 Å². The van der Waals surface area contributed by atoms with Crippen LogP contribution in [0.25, 0.3) is 21.9 Å². The van der Waals surface area contributed by atoms with Crippen LogP contribution in [0.2, 0.25) is 0 Å². The van der Waals surface area contributed by atoms with Gasteiger partial charge in [-0.05, 0) is 86.7 Å². The van der Waals surface area contributed by atoms with Gasteiger partial charge in [0.1, 0.15) is 29.1 Å². The number of nitrogens with zero attached hydrogens (tertiary/aromatic N) is 5. The maximum atomic E-state index is 13.1. The second-order valence-corrected chi connectivity index (χ2v) is 15.1. The van der Waals surface area contributed by atoms with Gasteiger partial charge >= 0.3 is 0 Å². The number of piperidine rings is 2. The van der Waals surface area contributed by atoms with Crippen molar-refractivity contribution in [3.8, 4) is 28.4 Å². The summed E-state index contributed by atoms with van der Waals surface area (Å²) in [6, 6.07) is 9.20. The number of nitrogens with one attached hydrogen (secondary N) is 2. The van der Waals surface area contributed by atoms with Gasteiger partial charge in [-0.15, -0.1) is 0 Å². The van der Waals surface area contributed by atoms with Crippen LogP contribution in [-0.4, -0.2) is 109 Å². The van der Waals surface area contributed by atoms with E-state index in [1.54, 1.807) is 32.0 Å². The quantitative estimate of drug-likeness (QED) is 0.189. The van der Waals surface area contributed by atoms with E-state index >= 15 is 0 Å². The molecule has 2 aromatic carbocycles. The number of likely N-dealkylation sites (tertiary alicyclic amines) is 1. The average Bonchev–Trinajstić information content (AvgIpc) is 3.46. The number of carbonyl (C=O) groups excluding carboxylic acids is 5. The van der Waals surface area contributed by atoms with Gasteiger partial charge in [0, 0.05) is 64.0 Å². The molecule has 0 aliphatic carbocycles. The van der Waals surface area contributed by atoms with Crippen LogP contribution in [0.1, 0.15) is 58.4 Å². The Bertz CT molecular complexity index is 2340. The third-order valence-electron chi connectivity index (χ3n) is 11.2. The number of benzene rings is 2. The number of aryl methyl sites for hydroxylation is 1. The molecule has 0 spiro atoms. The number of hydrogen-bond donors (Lipinski definition) is 2. The Morgan fingerprint density at radius 2 is 1.62 bits per heavy atom. The molecule has 0 saturated carbocycles. The Morgan fingerprint density at radius 1 is 0.914 bits per heavy atom. The van der Waals surface area contributed by atoms with Gasteiger partial charge in [0.25, 0.3) is 23.3 Å². The number of aromatic nitrogens is 2. The predicted molar refractivity (Wildman–Crippen MR) is 214 cm³/mol. The number of pyridine rings is 2. The fourth-order valence-electron chi connectivity index (χ4n) is 7.93. The first kappa shape index (κ1) is 39.9. The predicted octanol–water partition coefficient (Wildman–Crippen LogP) is 2.88. The minimum Gasteiger partial charge on any atom is -0.496 e. The molecule has 16 heteroatoms. The first-order chi connectivity index (χ1) is 27.9. The number of hydrogen-bond acceptors (Lipinski definition) is 12. The van der Waals surface area contributed by atoms with Gasteiger partial charge in [-0.3, -0.25) is 43.9 Å². The fraction of sp³-hybridized carbons (Fsp3) is 0.405. The third kappa shape index (κ3) is 7.96. The van der Waals surface area contributed by atoms with Crippen molar-refractivity contribution >= 4 is 46.1 Å². The van der Waals surface area contributed by atoms with E-state index in [-0.39, 0.29) is 47.8 Å². The Balaban J connectivity index is 0.907. The lowest BCUT2D eigenvalue weighted by atomic mass is 9.93. The summed E-state index contributed by atoms with van der Waals surface area (Å²) in [7, 11) is 8.85. The van der Waals surface area contributed by atoms with Gasteiger partial charge in [-0.25, -0.2) is 4.98 Å². The van der Waals surface area contributed by atoms with Crippen molar-refractivity contribution in [1.82, 2.24) is 30.0 Å². The summed E-state index contributed by atoms with van der Waals surface area (Å²) < 4.78 is 19.1. The SMILES string of the molecule is COc1cc(-c2cn(C)c(=O)c3cnc(N(C)C)cc23)cc(OC)c1CN1CCC(CCNC(=O)COc2ccc3c(c2)C(=O)N(C2CCC(=O)NC2=O)C3=O)CC1. The summed E-state index contributed by atoms with van der Waals surface area (Å²) in [4.78, 5) is 85.2. The monoisotopic (exact) mass is 793 g/mol. The number of rotatable bonds is 13. The molecule has 3 aliphatic rings. The molecule has 2 N–H and O–H groups in total. The number of carbonyl (C=O) groups is 5. The summed E-state index contributed by atoms with van der Waals surface area (Å²) in [5.41, 5.74) is 2.76. The van der Waals surface area contributed by atoms with Crippen molar-refractivity contribution in [1.29, 1.82) is 0 Å². The molecule has 2 saturated heterocycles. The molecule has 16 nitrogen and oxygen atoms in total. The molecule has 3 aliphatic heterocycles. The number of ether oxygens (including phenoxy) is 3. The van der Waals surface area contributed by atoms with Crippen LogP contribution in [-0.2, 0) is 28.0 Å². The van der Waals surface area contributed by atoms with Gasteiger partial charge in [-0.1, -0.05) is 0 Å². The molecule has 5 amide bonds. The van der Waals surface area contributed by atoms with E-state index < -0.39 is 29.7 Å². The van der Waals surface area contributed by atoms with Crippen LogP contribution in [0.4, 0.5) is 5.82 Å². The molecule has 7 rings (SSSR count). The highest BCUT2D eigenvalue weighted by Crippen LogP contribution is 2.39. The van der Waals surface area contributed by atoms with Crippen LogP contribution in [0, 0.1) is 5.92 Å². The van der Waals surface area contributed by atoms with E-state index in [4.69, 9.17) is 14.2 Å². The molecule has 58 heavy (non-hydrogen) atoms. The van der Waals surface area contributed by atoms with Crippen LogP contribution >= 0.6 is 0 Å². The normalized spacial score (nSPS) is 17.3. The van der Waals surface area contributed by atoms with Crippen molar-refractivity contribution in [2.75, 3.05) is 59.5 Å². The summed E-state index contributed by atoms with van der Waals surface area (Å²) in [5.74, 6) is 0.114. The number of anilines is 1. The minimum absolute atomic E-state index is 0.0326. The maximum Gasteiger partial charge on any atom is 0.262 e.